The molecule has 2 saturated heterocycles. The second-order valence-corrected chi connectivity index (χ2v) is 7.40. The van der Waals surface area contributed by atoms with E-state index in [2.05, 4.69) is 5.32 Å². The van der Waals surface area contributed by atoms with Crippen LogP contribution in [0.2, 0.25) is 0 Å². The van der Waals surface area contributed by atoms with Gasteiger partial charge in [-0.3, -0.25) is 9.59 Å². The number of hydrogen-bond donors (Lipinski definition) is 1. The molecule has 0 aliphatic carbocycles. The number of amides is 2. The minimum atomic E-state index is -0.460. The van der Waals surface area contributed by atoms with Gasteiger partial charge >= 0.3 is 0 Å². The Morgan fingerprint density at radius 2 is 2.00 bits per heavy atom. The molecule has 2 rings (SSSR count). The highest BCUT2D eigenvalue weighted by Crippen LogP contribution is 2.26. The van der Waals surface area contributed by atoms with Crippen LogP contribution in [0.25, 0.3) is 0 Å². The van der Waals surface area contributed by atoms with Crippen molar-refractivity contribution in [3.05, 3.63) is 0 Å². The van der Waals surface area contributed by atoms with Crippen LogP contribution in [0.15, 0.2) is 0 Å². The van der Waals surface area contributed by atoms with Gasteiger partial charge in [-0.2, -0.15) is 0 Å². The predicted molar refractivity (Wildman–Crippen MR) is 80.8 cm³/mol. The van der Waals surface area contributed by atoms with Crippen LogP contribution in [0, 0.1) is 5.41 Å². The fraction of sp³-hybridized carbons (Fsp3) is 0.875. The van der Waals surface area contributed by atoms with Crippen LogP contribution in [-0.4, -0.2) is 48.1 Å². The van der Waals surface area contributed by atoms with Gasteiger partial charge in [0.15, 0.2) is 0 Å². The number of nitrogens with zero attached hydrogens (tertiary/aromatic N) is 1. The first-order valence-electron chi connectivity index (χ1n) is 8.00. The highest BCUT2D eigenvalue weighted by Gasteiger charge is 2.41. The number of carbonyl (C=O) groups is 2. The molecular formula is C16H28N2O3. The highest BCUT2D eigenvalue weighted by atomic mass is 16.5. The molecule has 2 amide bonds. The number of rotatable bonds is 2. The van der Waals surface area contributed by atoms with E-state index in [4.69, 9.17) is 4.74 Å². The monoisotopic (exact) mass is 296 g/mol. The van der Waals surface area contributed by atoms with Crippen LogP contribution in [0.5, 0.6) is 0 Å². The van der Waals surface area contributed by atoms with Crippen molar-refractivity contribution in [2.75, 3.05) is 13.2 Å². The molecule has 0 saturated carbocycles. The average molecular weight is 296 g/mol. The zero-order chi connectivity index (χ0) is 15.6. The lowest BCUT2D eigenvalue weighted by Crippen LogP contribution is -2.54. The van der Waals surface area contributed by atoms with E-state index in [-0.39, 0.29) is 29.4 Å². The zero-order valence-corrected chi connectivity index (χ0v) is 13.6. The number of nitrogens with one attached hydrogen (secondary N) is 1. The maximum atomic E-state index is 12.9. The third-order valence-corrected chi connectivity index (χ3v) is 4.39. The minimum Gasteiger partial charge on any atom is -0.376 e. The van der Waals surface area contributed by atoms with Gasteiger partial charge in [0.05, 0.1) is 6.10 Å². The van der Waals surface area contributed by atoms with Crippen LogP contribution in [0.1, 0.15) is 53.4 Å². The second kappa shape index (κ2) is 6.34. The van der Waals surface area contributed by atoms with Gasteiger partial charge in [-0.15, -0.1) is 0 Å². The molecule has 2 aliphatic rings. The van der Waals surface area contributed by atoms with Crippen LogP contribution in [0.3, 0.4) is 0 Å². The number of carbonyl (C=O) groups excluding carboxylic acids is 2. The molecule has 21 heavy (non-hydrogen) atoms. The van der Waals surface area contributed by atoms with Crippen molar-refractivity contribution >= 4 is 11.8 Å². The van der Waals surface area contributed by atoms with Gasteiger partial charge in [-0.05, 0) is 31.6 Å². The fourth-order valence-electron chi connectivity index (χ4n) is 3.07. The smallest absolute Gasteiger partial charge is 0.246 e. The summed E-state index contributed by atoms with van der Waals surface area (Å²) >= 11 is 0. The first-order chi connectivity index (χ1) is 9.79. The summed E-state index contributed by atoms with van der Waals surface area (Å²) in [4.78, 5) is 26.7. The van der Waals surface area contributed by atoms with E-state index >= 15 is 0 Å². The topological polar surface area (TPSA) is 58.6 Å². The Hall–Kier alpha value is -1.10. The summed E-state index contributed by atoms with van der Waals surface area (Å²) in [7, 11) is 0. The van der Waals surface area contributed by atoms with Gasteiger partial charge in [0.2, 0.25) is 11.8 Å². The average Bonchev–Trinajstić information content (AvgIpc) is 2.50. The molecule has 0 spiro atoms. The Bertz CT molecular complexity index is 397. The zero-order valence-electron chi connectivity index (χ0n) is 13.6. The van der Waals surface area contributed by atoms with E-state index in [1.165, 1.54) is 0 Å². The summed E-state index contributed by atoms with van der Waals surface area (Å²) in [6.07, 6.45) is 3.73. The molecule has 0 aromatic carbocycles. The molecule has 3 atom stereocenters. The highest BCUT2D eigenvalue weighted by molar-refractivity contribution is 5.91. The number of hydrogen-bond acceptors (Lipinski definition) is 3. The molecule has 2 aliphatic heterocycles. The molecule has 0 bridgehead atoms. The lowest BCUT2D eigenvalue weighted by molar-refractivity contribution is -0.140. The quantitative estimate of drug-likeness (QED) is 0.844. The van der Waals surface area contributed by atoms with Gasteiger partial charge in [0, 0.05) is 25.6 Å². The van der Waals surface area contributed by atoms with Crippen LogP contribution < -0.4 is 5.32 Å². The Morgan fingerprint density at radius 1 is 1.29 bits per heavy atom. The van der Waals surface area contributed by atoms with E-state index in [1.807, 2.05) is 32.6 Å². The van der Waals surface area contributed by atoms with E-state index < -0.39 is 6.04 Å². The molecule has 0 aromatic heterocycles. The van der Waals surface area contributed by atoms with E-state index in [0.29, 0.717) is 13.0 Å². The molecule has 2 heterocycles. The second-order valence-electron chi connectivity index (χ2n) is 7.40. The van der Waals surface area contributed by atoms with Gasteiger partial charge in [0.25, 0.3) is 0 Å². The summed E-state index contributed by atoms with van der Waals surface area (Å²) in [6.45, 7) is 9.29. The Labute approximate surface area is 127 Å². The van der Waals surface area contributed by atoms with Crippen molar-refractivity contribution in [2.24, 2.45) is 5.41 Å². The molecule has 120 valence electrons. The number of ether oxygens (including phenoxy) is 1. The van der Waals surface area contributed by atoms with Crippen molar-refractivity contribution in [3.63, 3.8) is 0 Å². The van der Waals surface area contributed by atoms with Crippen LogP contribution in [0.4, 0.5) is 0 Å². The fourth-order valence-corrected chi connectivity index (χ4v) is 3.07. The lowest BCUT2D eigenvalue weighted by Gasteiger charge is -2.36. The first kappa shape index (κ1) is 16.3. The SMILES string of the molecule is CC1CC(=O)NC(C(C)(C)C)C(=O)N1CC1CCCCO1. The third-order valence-electron chi connectivity index (χ3n) is 4.39. The first-order valence-corrected chi connectivity index (χ1v) is 8.00. The van der Waals surface area contributed by atoms with Gasteiger partial charge in [-0.1, -0.05) is 20.8 Å². The maximum Gasteiger partial charge on any atom is 0.246 e. The summed E-state index contributed by atoms with van der Waals surface area (Å²) < 4.78 is 5.77. The van der Waals surface area contributed by atoms with Crippen molar-refractivity contribution in [3.8, 4) is 0 Å². The molecular weight excluding hydrogens is 268 g/mol. The van der Waals surface area contributed by atoms with E-state index in [9.17, 15) is 9.59 Å². The van der Waals surface area contributed by atoms with Crippen molar-refractivity contribution < 1.29 is 14.3 Å². The van der Waals surface area contributed by atoms with E-state index in [0.717, 1.165) is 25.9 Å². The molecule has 1 N–H and O–H groups in total. The summed E-state index contributed by atoms with van der Waals surface area (Å²) in [5.41, 5.74) is -0.289. The summed E-state index contributed by atoms with van der Waals surface area (Å²) in [6, 6.07) is -0.533. The predicted octanol–water partition coefficient (Wildman–Crippen LogP) is 1.71. The summed E-state index contributed by atoms with van der Waals surface area (Å²) in [5, 5.41) is 2.90. The Morgan fingerprint density at radius 3 is 2.57 bits per heavy atom. The molecule has 5 heteroatoms. The maximum absolute atomic E-state index is 12.9. The normalized spacial score (nSPS) is 31.8. The third kappa shape index (κ3) is 3.96. The van der Waals surface area contributed by atoms with Gasteiger partial charge in [-0.25, -0.2) is 0 Å². The van der Waals surface area contributed by atoms with E-state index in [1.54, 1.807) is 0 Å². The Kier molecular flexibility index (Phi) is 4.91. The summed E-state index contributed by atoms with van der Waals surface area (Å²) in [5.74, 6) is -0.0159. The minimum absolute atomic E-state index is 0.0232. The molecule has 2 fully saturated rings. The lowest BCUT2D eigenvalue weighted by atomic mass is 9.86. The standard InChI is InChI=1S/C16H28N2O3/c1-11-9-13(19)17-14(16(2,3)4)15(20)18(11)10-12-7-5-6-8-21-12/h11-12,14H,5-10H2,1-4H3,(H,17,19). The molecule has 3 unspecified atom stereocenters. The van der Waals surface area contributed by atoms with Crippen molar-refractivity contribution in [1.29, 1.82) is 0 Å². The van der Waals surface area contributed by atoms with Crippen LogP contribution in [-0.2, 0) is 14.3 Å². The molecule has 0 aromatic rings. The van der Waals surface area contributed by atoms with Gasteiger partial charge < -0.3 is 15.0 Å². The van der Waals surface area contributed by atoms with Crippen LogP contribution >= 0.6 is 0 Å². The molecule has 0 radical (unpaired) electrons. The van der Waals surface area contributed by atoms with Gasteiger partial charge in [0.1, 0.15) is 6.04 Å². The largest absolute Gasteiger partial charge is 0.376 e. The van der Waals surface area contributed by atoms with Crippen molar-refractivity contribution in [1.82, 2.24) is 10.2 Å². The molecule has 5 nitrogen and oxygen atoms in total. The Balaban J connectivity index is 2.15. The van der Waals surface area contributed by atoms with Crippen molar-refractivity contribution in [2.45, 2.75) is 71.6 Å².